The number of hydrogen-bond acceptors (Lipinski definition) is 4. The van der Waals surface area contributed by atoms with E-state index >= 15 is 0 Å². The molecule has 1 N–H and O–H groups in total. The van der Waals surface area contributed by atoms with Gasteiger partial charge < -0.3 is 14.8 Å². The number of carbonyl (C=O) groups is 2. The van der Waals surface area contributed by atoms with Crippen LogP contribution < -0.4 is 10.1 Å². The highest BCUT2D eigenvalue weighted by Gasteiger charge is 2.18. The quantitative estimate of drug-likeness (QED) is 0.390. The fourth-order valence-corrected chi connectivity index (χ4v) is 3.36. The number of ether oxygens (including phenoxy) is 2. The van der Waals surface area contributed by atoms with Crippen molar-refractivity contribution in [3.8, 4) is 5.75 Å². The lowest BCUT2D eigenvalue weighted by Crippen LogP contribution is -2.25. The fraction of sp³-hybridized carbons (Fsp3) is 0.231. The standard InChI is InChI=1S/C26H25Cl2NO4/c1-26(2,3)33-25(31)18-9-6-7-17(13-18)15-29-24(30)21-14-20(11-12-23(21)28)32-16-19-8-4-5-10-22(19)27/h4-14H,15-16H2,1-3H3,(H,29,30). The Balaban J connectivity index is 1.65. The number of amides is 1. The van der Waals surface area contributed by atoms with Gasteiger partial charge in [-0.25, -0.2) is 4.79 Å². The first-order valence-corrected chi connectivity index (χ1v) is 11.1. The predicted octanol–water partition coefficient (Wildman–Crippen LogP) is 6.46. The lowest BCUT2D eigenvalue weighted by molar-refractivity contribution is 0.00693. The Morgan fingerprint density at radius 2 is 1.67 bits per heavy atom. The SMILES string of the molecule is CC(C)(C)OC(=O)c1cccc(CNC(=O)c2cc(OCc3ccccc3Cl)ccc2Cl)c1. The molecule has 33 heavy (non-hydrogen) atoms. The molecule has 0 saturated carbocycles. The largest absolute Gasteiger partial charge is 0.489 e. The van der Waals surface area contributed by atoms with E-state index in [-0.39, 0.29) is 24.6 Å². The molecule has 3 rings (SSSR count). The van der Waals surface area contributed by atoms with Gasteiger partial charge in [-0.2, -0.15) is 0 Å². The Labute approximate surface area is 203 Å². The Kier molecular flexibility index (Phi) is 8.01. The molecule has 0 spiro atoms. The second kappa shape index (κ2) is 10.7. The Bertz CT molecular complexity index is 1160. The second-order valence-electron chi connectivity index (χ2n) is 8.41. The molecule has 0 saturated heterocycles. The van der Waals surface area contributed by atoms with Gasteiger partial charge in [-0.3, -0.25) is 4.79 Å². The summed E-state index contributed by atoms with van der Waals surface area (Å²) in [6.45, 7) is 5.91. The molecule has 0 aliphatic heterocycles. The summed E-state index contributed by atoms with van der Waals surface area (Å²) in [7, 11) is 0. The van der Waals surface area contributed by atoms with E-state index in [1.807, 2.05) is 45.0 Å². The number of benzene rings is 3. The first-order chi connectivity index (χ1) is 15.6. The summed E-state index contributed by atoms with van der Waals surface area (Å²) >= 11 is 12.4. The average molecular weight is 486 g/mol. The van der Waals surface area contributed by atoms with Crippen molar-refractivity contribution in [2.75, 3.05) is 0 Å². The molecular weight excluding hydrogens is 461 g/mol. The van der Waals surface area contributed by atoms with Crippen molar-refractivity contribution >= 4 is 35.1 Å². The molecule has 0 atom stereocenters. The summed E-state index contributed by atoms with van der Waals surface area (Å²) < 4.78 is 11.2. The van der Waals surface area contributed by atoms with Crippen LogP contribution in [0.1, 0.15) is 52.6 Å². The minimum absolute atomic E-state index is 0.219. The van der Waals surface area contributed by atoms with Crippen LogP contribution in [-0.4, -0.2) is 17.5 Å². The molecule has 3 aromatic carbocycles. The maximum Gasteiger partial charge on any atom is 0.338 e. The van der Waals surface area contributed by atoms with Crippen molar-refractivity contribution in [2.24, 2.45) is 0 Å². The van der Waals surface area contributed by atoms with E-state index in [9.17, 15) is 9.59 Å². The molecule has 7 heteroatoms. The summed E-state index contributed by atoms with van der Waals surface area (Å²) in [5.74, 6) is -0.274. The lowest BCUT2D eigenvalue weighted by Gasteiger charge is -2.19. The van der Waals surface area contributed by atoms with Crippen LogP contribution >= 0.6 is 23.2 Å². The molecule has 5 nitrogen and oxygen atoms in total. The van der Waals surface area contributed by atoms with Gasteiger partial charge in [0.15, 0.2) is 0 Å². The maximum atomic E-state index is 12.8. The van der Waals surface area contributed by atoms with Gasteiger partial charge in [-0.1, -0.05) is 53.5 Å². The van der Waals surface area contributed by atoms with Crippen molar-refractivity contribution in [3.05, 3.63) is 99.0 Å². The number of hydrogen-bond donors (Lipinski definition) is 1. The van der Waals surface area contributed by atoms with E-state index in [4.69, 9.17) is 32.7 Å². The van der Waals surface area contributed by atoms with Crippen molar-refractivity contribution in [3.63, 3.8) is 0 Å². The van der Waals surface area contributed by atoms with Crippen molar-refractivity contribution in [1.82, 2.24) is 5.32 Å². The smallest absolute Gasteiger partial charge is 0.338 e. The van der Waals surface area contributed by atoms with E-state index in [0.29, 0.717) is 21.4 Å². The Hall–Kier alpha value is -3.02. The third kappa shape index (κ3) is 7.24. The highest BCUT2D eigenvalue weighted by Crippen LogP contribution is 2.24. The van der Waals surface area contributed by atoms with E-state index in [1.165, 1.54) is 0 Å². The van der Waals surface area contributed by atoms with E-state index in [2.05, 4.69) is 5.32 Å². The van der Waals surface area contributed by atoms with Gasteiger partial charge in [0.2, 0.25) is 0 Å². The minimum Gasteiger partial charge on any atom is -0.489 e. The van der Waals surface area contributed by atoms with E-state index in [1.54, 1.807) is 42.5 Å². The molecule has 1 amide bonds. The third-order valence-corrected chi connectivity index (χ3v) is 5.25. The van der Waals surface area contributed by atoms with Crippen molar-refractivity contribution in [1.29, 1.82) is 0 Å². The van der Waals surface area contributed by atoms with E-state index < -0.39 is 11.6 Å². The normalized spacial score (nSPS) is 11.1. The number of esters is 1. The summed E-state index contributed by atoms with van der Waals surface area (Å²) in [6.07, 6.45) is 0. The van der Waals surface area contributed by atoms with Gasteiger partial charge in [-0.05, 0) is 62.7 Å². The van der Waals surface area contributed by atoms with Crippen LogP contribution in [0.3, 0.4) is 0 Å². The minimum atomic E-state index is -0.586. The molecule has 0 radical (unpaired) electrons. The molecule has 0 unspecified atom stereocenters. The summed E-state index contributed by atoms with van der Waals surface area (Å²) in [6, 6.07) is 19.2. The van der Waals surface area contributed by atoms with Crippen LogP contribution in [0.4, 0.5) is 0 Å². The van der Waals surface area contributed by atoms with Crippen LogP contribution in [0.15, 0.2) is 66.7 Å². The van der Waals surface area contributed by atoms with Gasteiger partial charge in [0.1, 0.15) is 18.0 Å². The van der Waals surface area contributed by atoms with Gasteiger partial charge >= 0.3 is 5.97 Å². The van der Waals surface area contributed by atoms with Crippen LogP contribution in [0.5, 0.6) is 5.75 Å². The average Bonchev–Trinajstić information content (AvgIpc) is 2.77. The summed E-state index contributed by atoms with van der Waals surface area (Å²) in [4.78, 5) is 25.1. The molecule has 0 aromatic heterocycles. The number of nitrogens with one attached hydrogen (secondary N) is 1. The van der Waals surface area contributed by atoms with Gasteiger partial charge in [-0.15, -0.1) is 0 Å². The molecule has 172 valence electrons. The molecule has 0 bridgehead atoms. The lowest BCUT2D eigenvalue weighted by atomic mass is 10.1. The number of carbonyl (C=O) groups excluding carboxylic acids is 2. The van der Waals surface area contributed by atoms with Crippen molar-refractivity contribution in [2.45, 2.75) is 39.5 Å². The second-order valence-corrected chi connectivity index (χ2v) is 9.22. The summed E-state index contributed by atoms with van der Waals surface area (Å²) in [5, 5.41) is 3.74. The fourth-order valence-electron chi connectivity index (χ4n) is 2.97. The van der Waals surface area contributed by atoms with Crippen LogP contribution in [0.2, 0.25) is 10.0 Å². The highest BCUT2D eigenvalue weighted by molar-refractivity contribution is 6.34. The topological polar surface area (TPSA) is 64.6 Å². The first kappa shape index (κ1) is 24.6. The molecule has 0 heterocycles. The first-order valence-electron chi connectivity index (χ1n) is 10.4. The zero-order chi connectivity index (χ0) is 24.0. The zero-order valence-corrected chi connectivity index (χ0v) is 20.2. The summed E-state index contributed by atoms with van der Waals surface area (Å²) in [5.41, 5.74) is 1.72. The number of halogens is 2. The molecule has 0 fully saturated rings. The molecular formula is C26H25Cl2NO4. The molecule has 0 aliphatic carbocycles. The zero-order valence-electron chi connectivity index (χ0n) is 18.7. The highest BCUT2D eigenvalue weighted by atomic mass is 35.5. The monoisotopic (exact) mass is 485 g/mol. The van der Waals surface area contributed by atoms with Crippen molar-refractivity contribution < 1.29 is 19.1 Å². The van der Waals surface area contributed by atoms with Gasteiger partial charge in [0.25, 0.3) is 5.91 Å². The van der Waals surface area contributed by atoms with E-state index in [0.717, 1.165) is 11.1 Å². The molecule has 3 aromatic rings. The maximum absolute atomic E-state index is 12.8. The third-order valence-electron chi connectivity index (χ3n) is 4.55. The van der Waals surface area contributed by atoms with Crippen LogP contribution in [0.25, 0.3) is 0 Å². The predicted molar refractivity (Wildman–Crippen MR) is 130 cm³/mol. The Morgan fingerprint density at radius 3 is 2.39 bits per heavy atom. The molecule has 0 aliphatic rings. The van der Waals surface area contributed by atoms with Gasteiger partial charge in [0.05, 0.1) is 16.1 Å². The Morgan fingerprint density at radius 1 is 0.909 bits per heavy atom. The van der Waals surface area contributed by atoms with Gasteiger partial charge in [0, 0.05) is 17.1 Å². The van der Waals surface area contributed by atoms with Crippen LogP contribution in [-0.2, 0) is 17.9 Å². The number of rotatable bonds is 7. The van der Waals surface area contributed by atoms with Crippen LogP contribution in [0, 0.1) is 0 Å².